The molecule has 0 bridgehead atoms. The van der Waals surface area contributed by atoms with Gasteiger partial charge in [0.2, 0.25) is 0 Å². The van der Waals surface area contributed by atoms with E-state index in [2.05, 4.69) is 20.7 Å². The Morgan fingerprint density at radius 2 is 1.68 bits per heavy atom. The van der Waals surface area contributed by atoms with Crippen molar-refractivity contribution in [2.24, 2.45) is 0 Å². The van der Waals surface area contributed by atoms with Crippen LogP contribution in [0.3, 0.4) is 0 Å². The van der Waals surface area contributed by atoms with Crippen LogP contribution < -0.4 is 4.74 Å². The minimum Gasteiger partial charge on any atom is -0.456 e. The molecule has 0 saturated heterocycles. The van der Waals surface area contributed by atoms with Crippen molar-refractivity contribution < 1.29 is 27.4 Å². The normalized spacial score (nSPS) is 12.0. The molecule has 0 spiro atoms. The van der Waals surface area contributed by atoms with Gasteiger partial charge < -0.3 is 9.47 Å². The minimum absolute atomic E-state index is 0.214. The van der Waals surface area contributed by atoms with Gasteiger partial charge in [-0.15, -0.1) is 13.2 Å². The van der Waals surface area contributed by atoms with Crippen molar-refractivity contribution >= 4 is 21.9 Å². The molecule has 2 aromatic carbocycles. The molecule has 134 valence electrons. The molecule has 7 heteroatoms. The van der Waals surface area contributed by atoms with Crippen molar-refractivity contribution in [1.82, 2.24) is 0 Å². The largest absolute Gasteiger partial charge is 0.573 e. The number of ether oxygens (including phenoxy) is 2. The molecule has 25 heavy (non-hydrogen) atoms. The molecule has 2 aromatic rings. The van der Waals surface area contributed by atoms with Gasteiger partial charge in [0.05, 0.1) is 5.56 Å². The lowest BCUT2D eigenvalue weighted by atomic mass is 10.0. The molecular weight excluding hydrogens is 401 g/mol. The van der Waals surface area contributed by atoms with E-state index in [0.717, 1.165) is 0 Å². The summed E-state index contributed by atoms with van der Waals surface area (Å²) in [5, 5.41) is 0. The molecule has 0 N–H and O–H groups in total. The van der Waals surface area contributed by atoms with E-state index in [1.807, 2.05) is 0 Å². The fraction of sp³-hybridized carbons (Fsp3) is 0.278. The van der Waals surface area contributed by atoms with E-state index < -0.39 is 17.9 Å². The fourth-order valence-corrected chi connectivity index (χ4v) is 2.61. The molecule has 0 atom stereocenters. The first kappa shape index (κ1) is 19.3. The zero-order chi connectivity index (χ0) is 18.8. The molecular formula is C18H16BrF3O3. The molecule has 0 fully saturated rings. The van der Waals surface area contributed by atoms with Gasteiger partial charge in [-0.3, -0.25) is 0 Å². The number of benzene rings is 2. The Kier molecular flexibility index (Phi) is 5.46. The zero-order valence-electron chi connectivity index (χ0n) is 13.8. The second-order valence-corrected chi connectivity index (χ2v) is 7.19. The van der Waals surface area contributed by atoms with Gasteiger partial charge in [-0.2, -0.15) is 0 Å². The Bertz CT molecular complexity index is 780. The highest BCUT2D eigenvalue weighted by Gasteiger charge is 2.32. The first-order valence-electron chi connectivity index (χ1n) is 7.34. The second kappa shape index (κ2) is 7.07. The van der Waals surface area contributed by atoms with Gasteiger partial charge in [0, 0.05) is 10.0 Å². The third kappa shape index (κ3) is 5.77. The van der Waals surface area contributed by atoms with E-state index in [-0.39, 0.29) is 16.9 Å². The van der Waals surface area contributed by atoms with Crippen LogP contribution in [0.5, 0.6) is 5.75 Å². The number of rotatable bonds is 3. The zero-order valence-corrected chi connectivity index (χ0v) is 15.4. The topological polar surface area (TPSA) is 35.5 Å². The average Bonchev–Trinajstić information content (AvgIpc) is 2.43. The fourth-order valence-electron chi connectivity index (χ4n) is 2.12. The second-order valence-electron chi connectivity index (χ2n) is 6.27. The Morgan fingerprint density at radius 1 is 1.04 bits per heavy atom. The van der Waals surface area contributed by atoms with Crippen molar-refractivity contribution in [3.8, 4) is 16.9 Å². The van der Waals surface area contributed by atoms with Gasteiger partial charge in [-0.25, -0.2) is 4.79 Å². The SMILES string of the molecule is CC(C)(C)OC(=O)c1cc(Br)cc(-c2ccccc2OC(F)(F)F)c1. The van der Waals surface area contributed by atoms with Crippen LogP contribution in [0.1, 0.15) is 31.1 Å². The van der Waals surface area contributed by atoms with Gasteiger partial charge in [0.15, 0.2) is 0 Å². The van der Waals surface area contributed by atoms with Gasteiger partial charge in [0.25, 0.3) is 0 Å². The van der Waals surface area contributed by atoms with E-state index in [1.54, 1.807) is 39.0 Å². The molecule has 0 unspecified atom stereocenters. The number of esters is 1. The molecule has 0 saturated carbocycles. The lowest BCUT2D eigenvalue weighted by molar-refractivity contribution is -0.274. The lowest BCUT2D eigenvalue weighted by Crippen LogP contribution is -2.23. The summed E-state index contributed by atoms with van der Waals surface area (Å²) in [6.07, 6.45) is -4.81. The van der Waals surface area contributed by atoms with Gasteiger partial charge >= 0.3 is 12.3 Å². The predicted molar refractivity (Wildman–Crippen MR) is 91.4 cm³/mol. The van der Waals surface area contributed by atoms with Gasteiger partial charge in [-0.05, 0) is 50.6 Å². The maximum absolute atomic E-state index is 12.6. The third-order valence-electron chi connectivity index (χ3n) is 2.96. The summed E-state index contributed by atoms with van der Waals surface area (Å²) in [7, 11) is 0. The molecule has 3 nitrogen and oxygen atoms in total. The number of halogens is 4. The maximum atomic E-state index is 12.6. The van der Waals surface area contributed by atoms with Crippen LogP contribution >= 0.6 is 15.9 Å². The maximum Gasteiger partial charge on any atom is 0.573 e. The van der Waals surface area contributed by atoms with Gasteiger partial charge in [-0.1, -0.05) is 34.1 Å². The highest BCUT2D eigenvalue weighted by Crippen LogP contribution is 2.35. The third-order valence-corrected chi connectivity index (χ3v) is 3.41. The molecule has 0 aromatic heterocycles. The Morgan fingerprint density at radius 3 is 2.28 bits per heavy atom. The minimum atomic E-state index is -4.81. The van der Waals surface area contributed by atoms with Crippen molar-refractivity contribution in [2.75, 3.05) is 0 Å². The smallest absolute Gasteiger partial charge is 0.456 e. The predicted octanol–water partition coefficient (Wildman–Crippen LogP) is 5.97. The molecule has 2 rings (SSSR count). The first-order valence-corrected chi connectivity index (χ1v) is 8.13. The summed E-state index contributed by atoms with van der Waals surface area (Å²) in [6.45, 7) is 5.20. The van der Waals surface area contributed by atoms with Crippen LogP contribution in [0.25, 0.3) is 11.1 Å². The number of alkyl halides is 3. The van der Waals surface area contributed by atoms with Crippen LogP contribution in [-0.2, 0) is 4.74 Å². The molecule has 0 heterocycles. The molecule has 0 amide bonds. The number of hydrogen-bond donors (Lipinski definition) is 0. The standard InChI is InChI=1S/C18H16BrF3O3/c1-17(2,3)25-16(23)12-8-11(9-13(19)10-12)14-6-4-5-7-15(14)24-18(20,21)22/h4-10H,1-3H3. The molecule has 0 aliphatic carbocycles. The van der Waals surface area contributed by atoms with E-state index in [1.165, 1.54) is 24.3 Å². The average molecular weight is 417 g/mol. The number of para-hydroxylation sites is 1. The highest BCUT2D eigenvalue weighted by atomic mass is 79.9. The van der Waals surface area contributed by atoms with Crippen LogP contribution in [0.15, 0.2) is 46.9 Å². The van der Waals surface area contributed by atoms with Crippen LogP contribution in [0.4, 0.5) is 13.2 Å². The van der Waals surface area contributed by atoms with Crippen molar-refractivity contribution in [1.29, 1.82) is 0 Å². The molecule has 0 aliphatic heterocycles. The lowest BCUT2D eigenvalue weighted by Gasteiger charge is -2.20. The van der Waals surface area contributed by atoms with E-state index in [0.29, 0.717) is 10.0 Å². The van der Waals surface area contributed by atoms with Crippen molar-refractivity contribution in [3.63, 3.8) is 0 Å². The molecule has 0 aliphatic rings. The van der Waals surface area contributed by atoms with Gasteiger partial charge in [0.1, 0.15) is 11.4 Å². The Balaban J connectivity index is 2.46. The Hall–Kier alpha value is -2.02. The van der Waals surface area contributed by atoms with Crippen molar-refractivity contribution in [3.05, 3.63) is 52.5 Å². The summed E-state index contributed by atoms with van der Waals surface area (Å²) in [5.74, 6) is -0.910. The first-order chi connectivity index (χ1) is 11.4. The van der Waals surface area contributed by atoms with Crippen LogP contribution in [-0.4, -0.2) is 17.9 Å². The van der Waals surface area contributed by atoms with E-state index in [4.69, 9.17) is 4.74 Å². The summed E-state index contributed by atoms with van der Waals surface area (Å²) >= 11 is 3.27. The summed E-state index contributed by atoms with van der Waals surface area (Å²) in [6, 6.07) is 10.4. The summed E-state index contributed by atoms with van der Waals surface area (Å²) < 4.78 is 47.7. The monoisotopic (exact) mass is 416 g/mol. The van der Waals surface area contributed by atoms with Crippen LogP contribution in [0.2, 0.25) is 0 Å². The van der Waals surface area contributed by atoms with E-state index >= 15 is 0 Å². The quantitative estimate of drug-likeness (QED) is 0.578. The number of hydrogen-bond acceptors (Lipinski definition) is 3. The summed E-state index contributed by atoms with van der Waals surface area (Å²) in [5.41, 5.74) is 0.152. The number of carbonyl (C=O) groups is 1. The number of carbonyl (C=O) groups excluding carboxylic acids is 1. The Labute approximate surface area is 151 Å². The molecule has 0 radical (unpaired) electrons. The van der Waals surface area contributed by atoms with E-state index in [9.17, 15) is 18.0 Å². The van der Waals surface area contributed by atoms with Crippen LogP contribution in [0, 0.1) is 0 Å². The van der Waals surface area contributed by atoms with Crippen molar-refractivity contribution in [2.45, 2.75) is 32.7 Å². The highest BCUT2D eigenvalue weighted by molar-refractivity contribution is 9.10. The summed E-state index contributed by atoms with van der Waals surface area (Å²) in [4.78, 5) is 12.3.